The molecule has 1 nitrogen and oxygen atoms in total. The summed E-state index contributed by atoms with van der Waals surface area (Å²) in [5, 5.41) is 3.61. The SMILES string of the molecule is CCCCCCCC1CC(C(C)(C)C)CCC1CNCC. The first-order chi connectivity index (χ1) is 9.99. The molecule has 1 rings (SSSR count). The van der Waals surface area contributed by atoms with Crippen LogP contribution in [0.15, 0.2) is 0 Å². The van der Waals surface area contributed by atoms with Crippen molar-refractivity contribution in [3.05, 3.63) is 0 Å². The van der Waals surface area contributed by atoms with Gasteiger partial charge in [-0.25, -0.2) is 0 Å². The molecule has 21 heavy (non-hydrogen) atoms. The summed E-state index contributed by atoms with van der Waals surface area (Å²) in [6, 6.07) is 0. The molecule has 1 saturated carbocycles. The van der Waals surface area contributed by atoms with Gasteiger partial charge in [-0.05, 0) is 55.5 Å². The highest BCUT2D eigenvalue weighted by Gasteiger charge is 2.35. The molecule has 0 amide bonds. The molecule has 0 bridgehead atoms. The Morgan fingerprint density at radius 1 is 0.905 bits per heavy atom. The van der Waals surface area contributed by atoms with Gasteiger partial charge in [-0.15, -0.1) is 0 Å². The molecule has 1 aliphatic rings. The van der Waals surface area contributed by atoms with Crippen LogP contribution in [0.3, 0.4) is 0 Å². The Morgan fingerprint density at radius 2 is 1.62 bits per heavy atom. The lowest BCUT2D eigenvalue weighted by Gasteiger charge is -2.42. The summed E-state index contributed by atoms with van der Waals surface area (Å²) >= 11 is 0. The fourth-order valence-corrected chi connectivity index (χ4v) is 4.08. The molecule has 0 aliphatic heterocycles. The van der Waals surface area contributed by atoms with Gasteiger partial charge in [0.25, 0.3) is 0 Å². The Bertz CT molecular complexity index is 253. The second-order valence-corrected chi connectivity index (χ2v) is 8.41. The number of unbranched alkanes of at least 4 members (excludes halogenated alkanes) is 4. The van der Waals surface area contributed by atoms with E-state index < -0.39 is 0 Å². The van der Waals surface area contributed by atoms with E-state index in [9.17, 15) is 0 Å². The van der Waals surface area contributed by atoms with Crippen molar-refractivity contribution >= 4 is 0 Å². The molecule has 0 aromatic rings. The molecular formula is C20H41N. The van der Waals surface area contributed by atoms with E-state index in [-0.39, 0.29) is 0 Å². The number of nitrogens with one attached hydrogen (secondary N) is 1. The number of hydrogen-bond acceptors (Lipinski definition) is 1. The van der Waals surface area contributed by atoms with E-state index in [4.69, 9.17) is 0 Å². The maximum atomic E-state index is 3.61. The zero-order chi connectivity index (χ0) is 15.7. The van der Waals surface area contributed by atoms with Gasteiger partial charge in [-0.3, -0.25) is 0 Å². The van der Waals surface area contributed by atoms with Gasteiger partial charge >= 0.3 is 0 Å². The Hall–Kier alpha value is -0.0400. The van der Waals surface area contributed by atoms with Crippen LogP contribution in [0.1, 0.15) is 92.4 Å². The predicted octanol–water partition coefficient (Wildman–Crippen LogP) is 6.04. The largest absolute Gasteiger partial charge is 0.317 e. The lowest BCUT2D eigenvalue weighted by atomic mass is 9.64. The number of rotatable bonds is 9. The van der Waals surface area contributed by atoms with Crippen molar-refractivity contribution in [3.8, 4) is 0 Å². The minimum absolute atomic E-state index is 0.504. The molecule has 1 N–H and O–H groups in total. The lowest BCUT2D eigenvalue weighted by Crippen LogP contribution is -2.36. The van der Waals surface area contributed by atoms with Gasteiger partial charge in [0.05, 0.1) is 0 Å². The summed E-state index contributed by atoms with van der Waals surface area (Å²) in [7, 11) is 0. The first-order valence-corrected chi connectivity index (χ1v) is 9.69. The fourth-order valence-electron chi connectivity index (χ4n) is 4.08. The molecule has 1 aliphatic carbocycles. The average Bonchev–Trinajstić information content (AvgIpc) is 2.44. The number of hydrogen-bond donors (Lipinski definition) is 1. The quantitative estimate of drug-likeness (QED) is 0.512. The second-order valence-electron chi connectivity index (χ2n) is 8.41. The smallest absolute Gasteiger partial charge is 0.00180 e. The van der Waals surface area contributed by atoms with Crippen LogP contribution in [0.5, 0.6) is 0 Å². The highest BCUT2D eigenvalue weighted by molar-refractivity contribution is 4.86. The maximum Gasteiger partial charge on any atom is -0.00180 e. The second kappa shape index (κ2) is 9.87. The van der Waals surface area contributed by atoms with Crippen LogP contribution in [0.2, 0.25) is 0 Å². The minimum atomic E-state index is 0.504. The van der Waals surface area contributed by atoms with Crippen molar-refractivity contribution < 1.29 is 0 Å². The first kappa shape index (κ1) is 19.0. The van der Waals surface area contributed by atoms with Gasteiger partial charge in [0.1, 0.15) is 0 Å². The standard InChI is InChI=1S/C20H41N/c1-6-8-9-10-11-12-17-15-19(20(3,4)5)14-13-18(17)16-21-7-2/h17-19,21H,6-16H2,1-5H3. The van der Waals surface area contributed by atoms with Gasteiger partial charge in [-0.2, -0.15) is 0 Å². The highest BCUT2D eigenvalue weighted by atomic mass is 14.8. The minimum Gasteiger partial charge on any atom is -0.317 e. The van der Waals surface area contributed by atoms with Crippen LogP contribution in [-0.2, 0) is 0 Å². The third kappa shape index (κ3) is 7.17. The van der Waals surface area contributed by atoms with Crippen molar-refractivity contribution in [3.63, 3.8) is 0 Å². The molecular weight excluding hydrogens is 254 g/mol. The van der Waals surface area contributed by atoms with Gasteiger partial charge in [0.2, 0.25) is 0 Å². The Balaban J connectivity index is 2.44. The summed E-state index contributed by atoms with van der Waals surface area (Å²) in [6.07, 6.45) is 13.0. The molecule has 1 fully saturated rings. The summed E-state index contributed by atoms with van der Waals surface area (Å²) in [4.78, 5) is 0. The van der Waals surface area contributed by atoms with Crippen molar-refractivity contribution in [2.45, 2.75) is 92.4 Å². The third-order valence-corrected chi connectivity index (χ3v) is 5.70. The molecule has 0 spiro atoms. The first-order valence-electron chi connectivity index (χ1n) is 9.69. The van der Waals surface area contributed by atoms with E-state index in [2.05, 4.69) is 39.9 Å². The molecule has 126 valence electrons. The van der Waals surface area contributed by atoms with E-state index >= 15 is 0 Å². The Labute approximate surface area is 134 Å². The van der Waals surface area contributed by atoms with E-state index in [1.54, 1.807) is 0 Å². The van der Waals surface area contributed by atoms with Crippen molar-refractivity contribution in [1.29, 1.82) is 0 Å². The Morgan fingerprint density at radius 3 is 2.24 bits per heavy atom. The van der Waals surface area contributed by atoms with Gasteiger partial charge in [0, 0.05) is 0 Å². The average molecular weight is 296 g/mol. The monoisotopic (exact) mass is 295 g/mol. The molecule has 1 heteroatoms. The fraction of sp³-hybridized carbons (Fsp3) is 1.00. The summed E-state index contributed by atoms with van der Waals surface area (Å²) in [5.74, 6) is 2.86. The van der Waals surface area contributed by atoms with Crippen molar-refractivity contribution in [2.75, 3.05) is 13.1 Å². The summed E-state index contributed by atoms with van der Waals surface area (Å²) < 4.78 is 0. The van der Waals surface area contributed by atoms with Crippen molar-refractivity contribution in [2.24, 2.45) is 23.2 Å². The molecule has 0 heterocycles. The zero-order valence-corrected chi connectivity index (χ0v) is 15.5. The van der Waals surface area contributed by atoms with E-state index in [1.165, 1.54) is 64.3 Å². The normalized spacial score (nSPS) is 27.0. The van der Waals surface area contributed by atoms with E-state index in [0.29, 0.717) is 5.41 Å². The molecule has 3 unspecified atom stereocenters. The topological polar surface area (TPSA) is 12.0 Å². The van der Waals surface area contributed by atoms with Crippen LogP contribution in [0.4, 0.5) is 0 Å². The molecule has 0 aromatic heterocycles. The highest BCUT2D eigenvalue weighted by Crippen LogP contribution is 2.44. The molecule has 0 radical (unpaired) electrons. The molecule has 0 saturated heterocycles. The zero-order valence-electron chi connectivity index (χ0n) is 15.5. The van der Waals surface area contributed by atoms with Crippen molar-refractivity contribution in [1.82, 2.24) is 5.32 Å². The molecule has 0 aromatic carbocycles. The van der Waals surface area contributed by atoms with Crippen LogP contribution >= 0.6 is 0 Å². The van der Waals surface area contributed by atoms with E-state index in [0.717, 1.165) is 24.3 Å². The van der Waals surface area contributed by atoms with E-state index in [1.807, 2.05) is 0 Å². The molecule has 3 atom stereocenters. The van der Waals surface area contributed by atoms with Gasteiger partial charge in [0.15, 0.2) is 0 Å². The van der Waals surface area contributed by atoms with Crippen LogP contribution in [-0.4, -0.2) is 13.1 Å². The lowest BCUT2D eigenvalue weighted by molar-refractivity contribution is 0.0912. The summed E-state index contributed by atoms with van der Waals surface area (Å²) in [6.45, 7) is 14.3. The van der Waals surface area contributed by atoms with Crippen LogP contribution in [0.25, 0.3) is 0 Å². The van der Waals surface area contributed by atoms with Gasteiger partial charge in [-0.1, -0.05) is 73.1 Å². The third-order valence-electron chi connectivity index (χ3n) is 5.70. The Kier molecular flexibility index (Phi) is 8.94. The summed E-state index contributed by atoms with van der Waals surface area (Å²) in [5.41, 5.74) is 0.504. The predicted molar refractivity (Wildman–Crippen MR) is 95.7 cm³/mol. The maximum absolute atomic E-state index is 3.61. The van der Waals surface area contributed by atoms with Crippen LogP contribution in [0, 0.1) is 23.2 Å². The van der Waals surface area contributed by atoms with Gasteiger partial charge < -0.3 is 5.32 Å². The van der Waals surface area contributed by atoms with Crippen LogP contribution < -0.4 is 5.32 Å².